The Balaban J connectivity index is 1.81. The Hall–Kier alpha value is -0.410. The molecular formula is C14H25NO2. The van der Waals surface area contributed by atoms with Crippen LogP contribution in [0.15, 0.2) is 0 Å². The van der Waals surface area contributed by atoms with Crippen molar-refractivity contribution in [2.45, 2.75) is 44.9 Å². The summed E-state index contributed by atoms with van der Waals surface area (Å²) in [6, 6.07) is 0. The first-order chi connectivity index (χ1) is 8.35. The van der Waals surface area contributed by atoms with Crippen LogP contribution in [-0.2, 0) is 9.53 Å². The molecule has 3 heteroatoms. The molecule has 1 heterocycles. The van der Waals surface area contributed by atoms with Crippen molar-refractivity contribution in [2.24, 2.45) is 5.41 Å². The standard InChI is InChI=1S/C14H25NO2/c16-11-7-14(4-2-1-3-5-14)6-8-15-9-12-17-13-10-15/h11H,1-10,12-13H2. The predicted octanol–water partition coefficient (Wildman–Crippen LogP) is 2.25. The van der Waals surface area contributed by atoms with Gasteiger partial charge in [-0.3, -0.25) is 4.90 Å². The minimum absolute atomic E-state index is 0.332. The van der Waals surface area contributed by atoms with Crippen LogP contribution in [0.5, 0.6) is 0 Å². The molecule has 0 aromatic rings. The van der Waals surface area contributed by atoms with Crippen molar-refractivity contribution in [2.75, 3.05) is 32.8 Å². The third-order valence-corrected chi connectivity index (χ3v) is 4.49. The summed E-state index contributed by atoms with van der Waals surface area (Å²) in [6.07, 6.45) is 9.63. The van der Waals surface area contributed by atoms with Gasteiger partial charge < -0.3 is 9.53 Å². The third kappa shape index (κ3) is 3.78. The van der Waals surface area contributed by atoms with E-state index >= 15 is 0 Å². The molecule has 2 aliphatic rings. The normalized spacial score (nSPS) is 25.6. The first-order valence-electron chi connectivity index (χ1n) is 7.08. The molecule has 0 aromatic carbocycles. The molecule has 1 aliphatic carbocycles. The van der Waals surface area contributed by atoms with E-state index in [1.165, 1.54) is 38.5 Å². The number of rotatable bonds is 5. The summed E-state index contributed by atoms with van der Waals surface area (Å²) in [5.74, 6) is 0. The van der Waals surface area contributed by atoms with E-state index in [1.807, 2.05) is 0 Å². The molecule has 3 nitrogen and oxygen atoms in total. The first-order valence-corrected chi connectivity index (χ1v) is 7.08. The minimum Gasteiger partial charge on any atom is -0.379 e. The van der Waals surface area contributed by atoms with Gasteiger partial charge >= 0.3 is 0 Å². The monoisotopic (exact) mass is 239 g/mol. The Bertz CT molecular complexity index is 230. The molecule has 0 atom stereocenters. The summed E-state index contributed by atoms with van der Waals surface area (Å²) in [4.78, 5) is 13.4. The van der Waals surface area contributed by atoms with Crippen LogP contribution in [0.2, 0.25) is 0 Å². The molecular weight excluding hydrogens is 214 g/mol. The van der Waals surface area contributed by atoms with Crippen LogP contribution in [0.3, 0.4) is 0 Å². The lowest BCUT2D eigenvalue weighted by Gasteiger charge is -2.38. The van der Waals surface area contributed by atoms with Gasteiger partial charge in [-0.25, -0.2) is 0 Å². The Kier molecular flexibility index (Phi) is 4.99. The molecule has 2 fully saturated rings. The highest BCUT2D eigenvalue weighted by molar-refractivity contribution is 5.50. The van der Waals surface area contributed by atoms with E-state index in [2.05, 4.69) is 4.90 Å². The van der Waals surface area contributed by atoms with Crippen LogP contribution in [0.25, 0.3) is 0 Å². The first kappa shape index (κ1) is 13.0. The summed E-state index contributed by atoms with van der Waals surface area (Å²) in [7, 11) is 0. The van der Waals surface area contributed by atoms with Crippen molar-refractivity contribution < 1.29 is 9.53 Å². The van der Waals surface area contributed by atoms with Crippen molar-refractivity contribution in [3.8, 4) is 0 Å². The van der Waals surface area contributed by atoms with E-state index in [9.17, 15) is 4.79 Å². The van der Waals surface area contributed by atoms with Crippen molar-refractivity contribution in [3.63, 3.8) is 0 Å². The zero-order valence-electron chi connectivity index (χ0n) is 10.8. The second kappa shape index (κ2) is 6.50. The Morgan fingerprint density at radius 2 is 1.82 bits per heavy atom. The molecule has 0 bridgehead atoms. The average molecular weight is 239 g/mol. The molecule has 2 rings (SSSR count). The smallest absolute Gasteiger partial charge is 0.120 e. The van der Waals surface area contributed by atoms with E-state index in [4.69, 9.17) is 4.74 Å². The Morgan fingerprint density at radius 1 is 1.12 bits per heavy atom. The molecule has 17 heavy (non-hydrogen) atoms. The predicted molar refractivity (Wildman–Crippen MR) is 68.1 cm³/mol. The van der Waals surface area contributed by atoms with Gasteiger partial charge in [0.15, 0.2) is 0 Å². The molecule has 0 spiro atoms. The number of carbonyl (C=O) groups excluding carboxylic acids is 1. The Morgan fingerprint density at radius 3 is 2.47 bits per heavy atom. The Labute approximate surface area is 105 Å². The number of aldehydes is 1. The van der Waals surface area contributed by atoms with Gasteiger partial charge in [0.1, 0.15) is 6.29 Å². The summed E-state index contributed by atoms with van der Waals surface area (Å²) >= 11 is 0. The fourth-order valence-corrected chi connectivity index (χ4v) is 3.25. The summed E-state index contributed by atoms with van der Waals surface area (Å²) < 4.78 is 5.37. The molecule has 98 valence electrons. The van der Waals surface area contributed by atoms with Crippen LogP contribution in [0.1, 0.15) is 44.9 Å². The second-order valence-corrected chi connectivity index (χ2v) is 5.64. The number of nitrogens with zero attached hydrogens (tertiary/aromatic N) is 1. The highest BCUT2D eigenvalue weighted by atomic mass is 16.5. The SMILES string of the molecule is O=CCC1(CCN2CCOCC2)CCCCC1. The number of morpholine rings is 1. The molecule has 1 saturated carbocycles. The molecule has 0 unspecified atom stereocenters. The molecule has 0 N–H and O–H groups in total. The van der Waals surface area contributed by atoms with Crippen molar-refractivity contribution in [1.82, 2.24) is 4.90 Å². The van der Waals surface area contributed by atoms with Crippen molar-refractivity contribution >= 4 is 6.29 Å². The zero-order valence-corrected chi connectivity index (χ0v) is 10.8. The maximum Gasteiger partial charge on any atom is 0.120 e. The zero-order chi connectivity index (χ0) is 12.0. The summed E-state index contributed by atoms with van der Waals surface area (Å²) in [6.45, 7) is 5.03. The van der Waals surface area contributed by atoms with Gasteiger partial charge in [0.05, 0.1) is 13.2 Å². The van der Waals surface area contributed by atoms with E-state index in [0.29, 0.717) is 5.41 Å². The van der Waals surface area contributed by atoms with Crippen LogP contribution in [0, 0.1) is 5.41 Å². The number of hydrogen-bond acceptors (Lipinski definition) is 3. The molecule has 1 aliphatic heterocycles. The minimum atomic E-state index is 0.332. The molecule has 0 radical (unpaired) electrons. The van der Waals surface area contributed by atoms with E-state index < -0.39 is 0 Å². The molecule has 0 aromatic heterocycles. The number of hydrogen-bond donors (Lipinski definition) is 0. The second-order valence-electron chi connectivity index (χ2n) is 5.64. The van der Waals surface area contributed by atoms with Crippen molar-refractivity contribution in [3.05, 3.63) is 0 Å². The van der Waals surface area contributed by atoms with Gasteiger partial charge in [0.2, 0.25) is 0 Å². The lowest BCUT2D eigenvalue weighted by Crippen LogP contribution is -2.39. The van der Waals surface area contributed by atoms with Crippen LogP contribution in [0.4, 0.5) is 0 Å². The maximum atomic E-state index is 10.9. The van der Waals surface area contributed by atoms with Gasteiger partial charge in [-0.05, 0) is 31.2 Å². The van der Waals surface area contributed by atoms with Gasteiger partial charge in [-0.1, -0.05) is 19.3 Å². The van der Waals surface area contributed by atoms with E-state index in [1.54, 1.807) is 0 Å². The van der Waals surface area contributed by atoms with Crippen LogP contribution < -0.4 is 0 Å². The lowest BCUT2D eigenvalue weighted by molar-refractivity contribution is -0.110. The highest BCUT2D eigenvalue weighted by Crippen LogP contribution is 2.41. The van der Waals surface area contributed by atoms with Gasteiger partial charge in [0, 0.05) is 19.5 Å². The topological polar surface area (TPSA) is 29.5 Å². The van der Waals surface area contributed by atoms with Crippen LogP contribution in [-0.4, -0.2) is 44.0 Å². The maximum absolute atomic E-state index is 10.9. The van der Waals surface area contributed by atoms with E-state index in [-0.39, 0.29) is 0 Å². The fraction of sp³-hybridized carbons (Fsp3) is 0.929. The van der Waals surface area contributed by atoms with Gasteiger partial charge in [-0.2, -0.15) is 0 Å². The van der Waals surface area contributed by atoms with E-state index in [0.717, 1.165) is 45.6 Å². The highest BCUT2D eigenvalue weighted by Gasteiger charge is 2.31. The average Bonchev–Trinajstić information content (AvgIpc) is 2.39. The summed E-state index contributed by atoms with van der Waals surface area (Å²) in [5.41, 5.74) is 0.332. The van der Waals surface area contributed by atoms with Crippen LogP contribution >= 0.6 is 0 Å². The van der Waals surface area contributed by atoms with Gasteiger partial charge in [0.25, 0.3) is 0 Å². The fourth-order valence-electron chi connectivity index (χ4n) is 3.25. The van der Waals surface area contributed by atoms with Crippen molar-refractivity contribution in [1.29, 1.82) is 0 Å². The molecule has 0 amide bonds. The lowest BCUT2D eigenvalue weighted by atomic mass is 9.70. The molecule has 1 saturated heterocycles. The largest absolute Gasteiger partial charge is 0.379 e. The summed E-state index contributed by atoms with van der Waals surface area (Å²) in [5, 5.41) is 0. The third-order valence-electron chi connectivity index (χ3n) is 4.49. The number of carbonyl (C=O) groups is 1. The van der Waals surface area contributed by atoms with Gasteiger partial charge in [-0.15, -0.1) is 0 Å². The quantitative estimate of drug-likeness (QED) is 0.689. The number of ether oxygens (including phenoxy) is 1.